The van der Waals surface area contributed by atoms with E-state index >= 15 is 4.39 Å². The Hall–Kier alpha value is -5.31. The number of fused-ring (bicyclic) bond motifs is 1. The van der Waals surface area contributed by atoms with E-state index in [9.17, 15) is 14.7 Å². The van der Waals surface area contributed by atoms with Gasteiger partial charge in [0.2, 0.25) is 11.4 Å². The number of carboxylic acid groups (broad SMARTS) is 1. The van der Waals surface area contributed by atoms with E-state index in [0.29, 0.717) is 34.6 Å². The molecule has 2 aromatic carbocycles. The quantitative estimate of drug-likeness (QED) is 0.260. The maximum Gasteiger partial charge on any atom is 0.341 e. The number of carboxylic acids is 1. The summed E-state index contributed by atoms with van der Waals surface area (Å²) in [6.07, 6.45) is 7.73. The van der Waals surface area contributed by atoms with E-state index in [4.69, 9.17) is 25.7 Å². The maximum absolute atomic E-state index is 15.8. The third kappa shape index (κ3) is 5.68. The highest BCUT2D eigenvalue weighted by atomic mass is 19.1. The number of aromatic nitrogens is 3. The third-order valence-corrected chi connectivity index (χ3v) is 7.80. The van der Waals surface area contributed by atoms with Crippen LogP contribution < -0.4 is 31.1 Å². The van der Waals surface area contributed by atoms with Crippen LogP contribution in [0, 0.1) is 17.7 Å². The molecule has 1 aliphatic carbocycles. The molecule has 0 amide bonds. The molecule has 0 atom stereocenters. The minimum Gasteiger partial charge on any atom is -0.493 e. The van der Waals surface area contributed by atoms with E-state index in [1.807, 2.05) is 0 Å². The fourth-order valence-electron chi connectivity index (χ4n) is 5.70. The van der Waals surface area contributed by atoms with Gasteiger partial charge in [-0.05, 0) is 36.6 Å². The van der Waals surface area contributed by atoms with E-state index in [-0.39, 0.29) is 34.5 Å². The smallest absolute Gasteiger partial charge is 0.341 e. The molecular formula is C32H32FN5O6. The molecule has 5 N–H and O–H groups in total. The van der Waals surface area contributed by atoms with Crippen LogP contribution in [0.15, 0.2) is 35.4 Å². The van der Waals surface area contributed by atoms with Crippen molar-refractivity contribution in [3.63, 3.8) is 0 Å². The lowest BCUT2D eigenvalue weighted by molar-refractivity contribution is 0.0694. The number of pyridine rings is 1. The maximum atomic E-state index is 15.8. The minimum absolute atomic E-state index is 0.0426. The van der Waals surface area contributed by atoms with Crippen LogP contribution in [0.25, 0.3) is 10.9 Å². The number of benzene rings is 2. The van der Waals surface area contributed by atoms with Gasteiger partial charge in [0.25, 0.3) is 0 Å². The SMILES string of the molecule is COc1cc(Cc2cnc(N)nc2N)cc(C#Cc2c(F)cc3c(=O)c(C(=O)O)cn(C4CCCCC4)c3c2OC)c1OC. The Bertz CT molecular complexity index is 1890. The Balaban J connectivity index is 1.70. The first-order valence-corrected chi connectivity index (χ1v) is 14.0. The van der Waals surface area contributed by atoms with Gasteiger partial charge >= 0.3 is 5.97 Å². The van der Waals surface area contributed by atoms with E-state index in [2.05, 4.69) is 21.8 Å². The van der Waals surface area contributed by atoms with Gasteiger partial charge in [-0.3, -0.25) is 4.79 Å². The number of nitrogens with zero attached hydrogens (tertiary/aromatic N) is 3. The van der Waals surface area contributed by atoms with Crippen LogP contribution in [0.5, 0.6) is 17.2 Å². The molecule has 0 radical (unpaired) electrons. The normalized spacial score (nSPS) is 13.3. The van der Waals surface area contributed by atoms with Crippen LogP contribution in [0.4, 0.5) is 16.2 Å². The number of carbonyl (C=O) groups is 1. The number of hydrogen-bond donors (Lipinski definition) is 3. The Morgan fingerprint density at radius 1 is 1.07 bits per heavy atom. The molecule has 0 aliphatic heterocycles. The Morgan fingerprint density at radius 2 is 1.80 bits per heavy atom. The lowest BCUT2D eigenvalue weighted by Gasteiger charge is -2.27. The first kappa shape index (κ1) is 30.2. The van der Waals surface area contributed by atoms with E-state index in [0.717, 1.165) is 43.7 Å². The lowest BCUT2D eigenvalue weighted by Crippen LogP contribution is -2.23. The standard InChI is InChI=1S/C32H32FN5O6/c1-42-25-13-17(12-19-15-36-32(35)37-30(19)34)11-18(28(25)43-2)9-10-21-24(33)14-22-26(29(21)44-3)38(20-7-5-4-6-8-20)16-23(27(22)39)31(40)41/h11,13-16,20H,4-8,12H2,1-3H3,(H,40,41)(H4,34,35,36,37). The van der Waals surface area contributed by atoms with Crippen molar-refractivity contribution >= 4 is 28.6 Å². The molecular weight excluding hydrogens is 569 g/mol. The van der Waals surface area contributed by atoms with Crippen molar-refractivity contribution in [3.8, 4) is 29.1 Å². The fourth-order valence-corrected chi connectivity index (χ4v) is 5.70. The van der Waals surface area contributed by atoms with Gasteiger partial charge in [-0.15, -0.1) is 0 Å². The van der Waals surface area contributed by atoms with Crippen LogP contribution in [0.1, 0.15) is 70.8 Å². The predicted molar refractivity (Wildman–Crippen MR) is 163 cm³/mol. The Labute approximate surface area is 252 Å². The molecule has 5 rings (SSSR count). The van der Waals surface area contributed by atoms with Gasteiger partial charge in [-0.1, -0.05) is 31.1 Å². The van der Waals surface area contributed by atoms with E-state index in [1.165, 1.54) is 33.7 Å². The van der Waals surface area contributed by atoms with Crippen molar-refractivity contribution in [2.45, 2.75) is 44.6 Å². The van der Waals surface area contributed by atoms with Crippen LogP contribution in [-0.4, -0.2) is 46.9 Å². The summed E-state index contributed by atoms with van der Waals surface area (Å²) in [5.74, 6) is 4.72. The molecule has 44 heavy (non-hydrogen) atoms. The molecule has 0 unspecified atom stereocenters. The second kappa shape index (κ2) is 12.5. The summed E-state index contributed by atoms with van der Waals surface area (Å²) in [5.41, 5.74) is 12.4. The zero-order chi connectivity index (χ0) is 31.5. The van der Waals surface area contributed by atoms with Crippen molar-refractivity contribution < 1.29 is 28.5 Å². The molecule has 0 saturated heterocycles. The third-order valence-electron chi connectivity index (χ3n) is 7.80. The molecule has 1 aliphatic rings. The molecule has 2 aromatic heterocycles. The second-order valence-corrected chi connectivity index (χ2v) is 10.5. The number of rotatable bonds is 7. The van der Waals surface area contributed by atoms with Crippen LogP contribution in [0.3, 0.4) is 0 Å². The van der Waals surface area contributed by atoms with Gasteiger partial charge in [-0.2, -0.15) is 4.98 Å². The molecule has 0 bridgehead atoms. The summed E-state index contributed by atoms with van der Waals surface area (Å²) in [7, 11) is 4.32. The fraction of sp³-hybridized carbons (Fsp3) is 0.312. The highest BCUT2D eigenvalue weighted by Crippen LogP contribution is 2.37. The Kier molecular flexibility index (Phi) is 8.57. The zero-order valence-electron chi connectivity index (χ0n) is 24.6. The van der Waals surface area contributed by atoms with E-state index < -0.39 is 22.8 Å². The molecule has 11 nitrogen and oxygen atoms in total. The number of nitrogen functional groups attached to an aromatic ring is 2. The number of hydrogen-bond acceptors (Lipinski definition) is 9. The van der Waals surface area contributed by atoms with Crippen LogP contribution in [-0.2, 0) is 6.42 Å². The Morgan fingerprint density at radius 3 is 2.43 bits per heavy atom. The summed E-state index contributed by atoms with van der Waals surface area (Å²) in [6.45, 7) is 0. The highest BCUT2D eigenvalue weighted by molar-refractivity contribution is 5.95. The molecule has 4 aromatic rings. The lowest BCUT2D eigenvalue weighted by atomic mass is 9.94. The predicted octanol–water partition coefficient (Wildman–Crippen LogP) is 4.31. The van der Waals surface area contributed by atoms with Crippen LogP contribution in [0.2, 0.25) is 0 Å². The number of halogens is 1. The minimum atomic E-state index is -1.38. The van der Waals surface area contributed by atoms with Crippen LogP contribution >= 0.6 is 0 Å². The van der Waals surface area contributed by atoms with Gasteiger partial charge in [0.1, 0.15) is 22.8 Å². The molecule has 12 heteroatoms. The summed E-state index contributed by atoms with van der Waals surface area (Å²) < 4.78 is 34.3. The number of anilines is 2. The van der Waals surface area contributed by atoms with Gasteiger partial charge in [0, 0.05) is 30.4 Å². The molecule has 1 saturated carbocycles. The first-order chi connectivity index (χ1) is 21.2. The van der Waals surface area contributed by atoms with Gasteiger partial charge < -0.3 is 35.4 Å². The average molecular weight is 602 g/mol. The summed E-state index contributed by atoms with van der Waals surface area (Å²) >= 11 is 0. The number of aromatic carboxylic acids is 1. The van der Waals surface area contributed by atoms with Gasteiger partial charge in [0.15, 0.2) is 17.2 Å². The van der Waals surface area contributed by atoms with E-state index in [1.54, 1.807) is 16.7 Å². The second-order valence-electron chi connectivity index (χ2n) is 10.5. The molecule has 228 valence electrons. The van der Waals surface area contributed by atoms with Gasteiger partial charge in [-0.25, -0.2) is 14.2 Å². The monoisotopic (exact) mass is 601 g/mol. The molecule has 0 spiro atoms. The summed E-state index contributed by atoms with van der Waals surface area (Å²) in [4.78, 5) is 33.2. The number of nitrogens with two attached hydrogens (primary N) is 2. The molecule has 1 fully saturated rings. The highest BCUT2D eigenvalue weighted by Gasteiger charge is 2.26. The molecule has 2 heterocycles. The van der Waals surface area contributed by atoms with Crippen molar-refractivity contribution in [1.29, 1.82) is 0 Å². The average Bonchev–Trinajstić information content (AvgIpc) is 3.01. The summed E-state index contributed by atoms with van der Waals surface area (Å²) in [6, 6.07) is 4.47. The summed E-state index contributed by atoms with van der Waals surface area (Å²) in [5, 5.41) is 9.66. The van der Waals surface area contributed by atoms with Gasteiger partial charge in [0.05, 0.1) is 37.8 Å². The number of ether oxygens (including phenoxy) is 3. The number of methoxy groups -OCH3 is 3. The van der Waals surface area contributed by atoms with Crippen molar-refractivity contribution in [3.05, 3.63) is 74.5 Å². The topological polar surface area (TPSA) is 165 Å². The first-order valence-electron chi connectivity index (χ1n) is 14.0. The zero-order valence-corrected chi connectivity index (χ0v) is 24.6. The van der Waals surface area contributed by atoms with Crippen molar-refractivity contribution in [2.75, 3.05) is 32.8 Å². The largest absolute Gasteiger partial charge is 0.493 e. The van der Waals surface area contributed by atoms with Crippen molar-refractivity contribution in [2.24, 2.45) is 0 Å². The van der Waals surface area contributed by atoms with Crippen molar-refractivity contribution in [1.82, 2.24) is 14.5 Å².